The van der Waals surface area contributed by atoms with E-state index in [1.54, 1.807) is 20.0 Å². The number of nitriles is 1. The zero-order chi connectivity index (χ0) is 29.8. The van der Waals surface area contributed by atoms with Crippen LogP contribution in [0.15, 0.2) is 24.4 Å². The summed E-state index contributed by atoms with van der Waals surface area (Å²) < 4.78 is 71.6. The second-order valence-corrected chi connectivity index (χ2v) is 12.7. The van der Waals surface area contributed by atoms with Crippen LogP contribution in [-0.4, -0.2) is 50.2 Å². The highest BCUT2D eigenvalue weighted by atomic mass is 35.5. The Morgan fingerprint density at radius 3 is 2.35 bits per heavy atom. The van der Waals surface area contributed by atoms with Crippen LogP contribution in [0.3, 0.4) is 0 Å². The molecule has 0 bridgehead atoms. The van der Waals surface area contributed by atoms with Crippen molar-refractivity contribution >= 4 is 47.3 Å². The number of alkyl halides is 5. The summed E-state index contributed by atoms with van der Waals surface area (Å²) in [4.78, 5) is 16.1. The van der Waals surface area contributed by atoms with Crippen molar-refractivity contribution in [3.05, 3.63) is 51.0 Å². The summed E-state index contributed by atoms with van der Waals surface area (Å²) in [5, 5.41) is 14.0. The molecule has 0 spiro atoms. The van der Waals surface area contributed by atoms with Crippen LogP contribution < -0.4 is 0 Å². The molecule has 6 nitrogen and oxygen atoms in total. The van der Waals surface area contributed by atoms with Gasteiger partial charge in [0.05, 0.1) is 33.4 Å². The monoisotopic (exact) mass is 635 g/mol. The first-order valence-corrected chi connectivity index (χ1v) is 14.5. The zero-order valence-electron chi connectivity index (χ0n) is 21.6. The van der Waals surface area contributed by atoms with Crippen molar-refractivity contribution in [3.63, 3.8) is 0 Å². The highest BCUT2D eigenvalue weighted by Gasteiger charge is 2.65. The van der Waals surface area contributed by atoms with Crippen LogP contribution in [0.1, 0.15) is 53.1 Å². The lowest BCUT2D eigenvalue weighted by Crippen LogP contribution is -2.48. The van der Waals surface area contributed by atoms with Crippen molar-refractivity contribution in [2.24, 2.45) is 0 Å². The number of hydrogen-bond acceptors (Lipinski definition) is 5. The number of aromatic nitrogens is 3. The largest absolute Gasteiger partial charge is 0.407 e. The van der Waals surface area contributed by atoms with E-state index in [0.29, 0.717) is 35.4 Å². The summed E-state index contributed by atoms with van der Waals surface area (Å²) in [5.74, 6) is -0.269. The van der Waals surface area contributed by atoms with E-state index in [1.807, 2.05) is 6.92 Å². The Morgan fingerprint density at radius 1 is 1.20 bits per heavy atom. The molecular formula is C25H25ClF5N5OP2S. The second kappa shape index (κ2) is 10.6. The molecular weight excluding hydrogens is 611 g/mol. The van der Waals surface area contributed by atoms with Crippen molar-refractivity contribution < 1.29 is 26.7 Å². The van der Waals surface area contributed by atoms with Crippen LogP contribution in [0, 0.1) is 11.3 Å². The first-order valence-electron chi connectivity index (χ1n) is 12.1. The molecule has 2 heterocycles. The molecule has 3 aromatic rings. The van der Waals surface area contributed by atoms with Crippen molar-refractivity contribution in [2.45, 2.75) is 62.1 Å². The van der Waals surface area contributed by atoms with E-state index in [-0.39, 0.29) is 28.6 Å². The van der Waals surface area contributed by atoms with Crippen LogP contribution in [0.2, 0.25) is 5.02 Å². The highest BCUT2D eigenvalue weighted by Crippen LogP contribution is 2.59. The molecule has 1 aromatic carbocycles. The third-order valence-corrected chi connectivity index (χ3v) is 10.6. The molecule has 0 saturated heterocycles. The Kier molecular flexibility index (Phi) is 8.14. The number of hydrogen-bond donors (Lipinski definition) is 0. The number of amides is 1. The number of rotatable bonds is 8. The van der Waals surface area contributed by atoms with Crippen molar-refractivity contribution in [2.75, 3.05) is 7.05 Å². The van der Waals surface area contributed by atoms with Gasteiger partial charge in [-0.2, -0.15) is 18.4 Å². The van der Waals surface area contributed by atoms with Gasteiger partial charge in [0.1, 0.15) is 11.2 Å². The van der Waals surface area contributed by atoms with E-state index in [2.05, 4.69) is 16.4 Å². The molecule has 0 radical (unpaired) electrons. The normalized spacial score (nSPS) is 16.4. The molecule has 2 aromatic heterocycles. The molecule has 0 N–H and O–H groups in total. The lowest BCUT2D eigenvalue weighted by Gasteiger charge is -2.37. The number of benzene rings is 1. The quantitative estimate of drug-likeness (QED) is 0.197. The predicted molar refractivity (Wildman–Crippen MR) is 150 cm³/mol. The van der Waals surface area contributed by atoms with Gasteiger partial charge in [0, 0.05) is 11.9 Å². The van der Waals surface area contributed by atoms with E-state index < -0.39 is 28.1 Å². The average molecular weight is 636 g/mol. The number of nitrogens with zero attached hydrogens (tertiary/aromatic N) is 5. The van der Waals surface area contributed by atoms with Gasteiger partial charge >= 0.3 is 6.18 Å². The maximum absolute atomic E-state index is 14.3. The minimum absolute atomic E-state index is 0.170. The summed E-state index contributed by atoms with van der Waals surface area (Å²) in [6.45, 7) is 3.56. The van der Waals surface area contributed by atoms with Crippen LogP contribution in [-0.2, 0) is 18.0 Å². The summed E-state index contributed by atoms with van der Waals surface area (Å²) in [6.07, 6.45) is -1.81. The number of aryl methyl sites for hydroxylation is 2. The van der Waals surface area contributed by atoms with Crippen LogP contribution in [0.4, 0.5) is 22.0 Å². The number of carbonyl (C=O) groups excluding carboxylic acids is 1. The Bertz CT molecular complexity index is 1490. The third-order valence-electron chi connectivity index (χ3n) is 7.17. The first kappa shape index (κ1) is 30.8. The SMILES string of the molecule is CCc1cc(C(P)(C(F)(F)F)C(F)(F)P)cc(Cl)c1-n1cc(-c2cc(C(=O)N(C)C3(C#N)CC3)c(CC)s2)nn1. The van der Waals surface area contributed by atoms with Crippen molar-refractivity contribution in [1.82, 2.24) is 19.9 Å². The second-order valence-electron chi connectivity index (χ2n) is 9.61. The molecule has 1 fully saturated rings. The fraction of sp³-hybridized carbons (Fsp3) is 0.440. The predicted octanol–water partition coefficient (Wildman–Crippen LogP) is 7.00. The lowest BCUT2D eigenvalue weighted by atomic mass is 9.93. The molecule has 40 heavy (non-hydrogen) atoms. The fourth-order valence-corrected chi connectivity index (χ4v) is 6.32. The molecule has 0 aliphatic heterocycles. The molecule has 1 amide bonds. The Hall–Kier alpha value is -2.18. The van der Waals surface area contributed by atoms with Gasteiger partial charge in [-0.25, -0.2) is 13.5 Å². The Labute approximate surface area is 241 Å². The maximum Gasteiger partial charge on any atom is 0.407 e. The van der Waals surface area contributed by atoms with Crippen LogP contribution in [0.5, 0.6) is 0 Å². The number of thiophene rings is 1. The Balaban J connectivity index is 1.74. The Morgan fingerprint density at radius 2 is 1.85 bits per heavy atom. The number of halogens is 6. The highest BCUT2D eigenvalue weighted by molar-refractivity contribution is 7.24. The van der Waals surface area contributed by atoms with Gasteiger partial charge in [-0.05, 0) is 48.9 Å². The number of carbonyl (C=O) groups is 1. The summed E-state index contributed by atoms with van der Waals surface area (Å²) in [5.41, 5.74) is -4.42. The molecule has 1 aliphatic rings. The molecule has 214 valence electrons. The van der Waals surface area contributed by atoms with Gasteiger partial charge in [-0.1, -0.05) is 46.0 Å². The standard InChI is InChI=1S/C25H25ClF5N5OP2S/c1-4-13-8-14(23(38,24(27,28)29)25(30,31)39)9-16(26)20(13)36-11-17(33-34-36)19-10-15(18(5-2)40-19)21(37)35(3)22(12-32)6-7-22/h8-11H,4-7,38-39H2,1-3H3. The van der Waals surface area contributed by atoms with Gasteiger partial charge in [-0.3, -0.25) is 4.79 Å². The molecule has 1 aliphatic carbocycles. The average Bonchev–Trinajstić information content (AvgIpc) is 3.33. The van der Waals surface area contributed by atoms with E-state index in [1.165, 1.54) is 36.4 Å². The molecule has 1 saturated carbocycles. The molecule has 3 atom stereocenters. The fourth-order valence-electron chi connectivity index (χ4n) is 4.46. The van der Waals surface area contributed by atoms with Crippen LogP contribution in [0.25, 0.3) is 16.3 Å². The smallest absolute Gasteiger partial charge is 0.323 e. The summed E-state index contributed by atoms with van der Waals surface area (Å²) in [6, 6.07) is 5.81. The summed E-state index contributed by atoms with van der Waals surface area (Å²) >= 11 is 7.75. The topological polar surface area (TPSA) is 74.8 Å². The molecule has 15 heteroatoms. The van der Waals surface area contributed by atoms with Crippen molar-refractivity contribution in [1.29, 1.82) is 5.26 Å². The van der Waals surface area contributed by atoms with Gasteiger partial charge in [0.15, 0.2) is 5.16 Å². The van der Waals surface area contributed by atoms with Gasteiger partial charge in [-0.15, -0.1) is 25.7 Å². The lowest BCUT2D eigenvalue weighted by molar-refractivity contribution is -0.201. The van der Waals surface area contributed by atoms with E-state index >= 15 is 0 Å². The first-order chi connectivity index (χ1) is 18.5. The van der Waals surface area contributed by atoms with E-state index in [0.717, 1.165) is 26.2 Å². The van der Waals surface area contributed by atoms with Crippen LogP contribution >= 0.6 is 41.4 Å². The van der Waals surface area contributed by atoms with E-state index in [9.17, 15) is 32.0 Å². The minimum atomic E-state index is -5.30. The minimum Gasteiger partial charge on any atom is -0.323 e. The van der Waals surface area contributed by atoms with E-state index in [4.69, 9.17) is 11.6 Å². The van der Waals surface area contributed by atoms with Gasteiger partial charge in [0.25, 0.3) is 11.6 Å². The van der Waals surface area contributed by atoms with Crippen molar-refractivity contribution in [3.8, 4) is 22.3 Å². The molecule has 3 unspecified atom stereocenters. The maximum atomic E-state index is 14.3. The zero-order valence-corrected chi connectivity index (χ0v) is 25.5. The summed E-state index contributed by atoms with van der Waals surface area (Å²) in [7, 11) is 3.83. The van der Waals surface area contributed by atoms with Gasteiger partial charge < -0.3 is 4.90 Å². The molecule has 4 rings (SSSR count). The van der Waals surface area contributed by atoms with Gasteiger partial charge in [0.2, 0.25) is 0 Å². The third kappa shape index (κ3) is 5.04.